The van der Waals surface area contributed by atoms with Crippen LogP contribution in [0.25, 0.3) is 0 Å². The third-order valence-electron chi connectivity index (χ3n) is 3.02. The Morgan fingerprint density at radius 1 is 1.06 bits per heavy atom. The molecule has 2 heteroatoms. The Morgan fingerprint density at radius 2 is 1.67 bits per heavy atom. The Morgan fingerprint density at radius 3 is 2.33 bits per heavy atom. The highest BCUT2D eigenvalue weighted by Crippen LogP contribution is 2.22. The first-order valence-electron chi connectivity index (χ1n) is 6.00. The van der Waals surface area contributed by atoms with E-state index >= 15 is 0 Å². The molecule has 0 heterocycles. The van der Waals surface area contributed by atoms with Gasteiger partial charge >= 0.3 is 0 Å². The molecule has 0 aromatic heterocycles. The molecule has 0 saturated heterocycles. The first-order chi connectivity index (χ1) is 8.68. The lowest BCUT2D eigenvalue weighted by atomic mass is 9.97. The fourth-order valence-corrected chi connectivity index (χ4v) is 1.99. The fraction of sp³-hybridized carbons (Fsp3) is 0.188. The minimum absolute atomic E-state index is 0.0358. The summed E-state index contributed by atoms with van der Waals surface area (Å²) < 4.78 is 0. The Labute approximate surface area is 107 Å². The number of carbonyl (C=O) groups excluding carboxylic acids is 1. The van der Waals surface area contributed by atoms with Crippen LogP contribution < -0.4 is 0 Å². The zero-order chi connectivity index (χ0) is 13.0. The van der Waals surface area contributed by atoms with Crippen LogP contribution in [0.4, 0.5) is 0 Å². The van der Waals surface area contributed by atoms with Crippen molar-refractivity contribution in [1.29, 1.82) is 0 Å². The molecule has 2 aromatic carbocycles. The molecule has 0 aliphatic heterocycles. The van der Waals surface area contributed by atoms with Crippen molar-refractivity contribution < 1.29 is 9.90 Å². The van der Waals surface area contributed by atoms with Gasteiger partial charge in [-0.2, -0.15) is 0 Å². The molecule has 0 aliphatic carbocycles. The van der Waals surface area contributed by atoms with E-state index in [0.29, 0.717) is 5.56 Å². The fourth-order valence-electron chi connectivity index (χ4n) is 1.99. The quantitative estimate of drug-likeness (QED) is 0.832. The number of ketones is 1. The molecule has 18 heavy (non-hydrogen) atoms. The van der Waals surface area contributed by atoms with Crippen LogP contribution in [0.5, 0.6) is 0 Å². The summed E-state index contributed by atoms with van der Waals surface area (Å²) in [5, 5.41) is 10.1. The van der Waals surface area contributed by atoms with E-state index in [1.54, 1.807) is 12.1 Å². The number of aryl methyl sites for hydroxylation is 1. The van der Waals surface area contributed by atoms with Crippen molar-refractivity contribution in [1.82, 2.24) is 0 Å². The molecule has 2 rings (SSSR count). The summed E-state index contributed by atoms with van der Waals surface area (Å²) in [5.41, 5.74) is 2.47. The molecule has 0 saturated carbocycles. The number of hydrogen-bond donors (Lipinski definition) is 1. The van der Waals surface area contributed by atoms with Gasteiger partial charge in [0.15, 0.2) is 5.78 Å². The Kier molecular flexibility index (Phi) is 3.90. The van der Waals surface area contributed by atoms with Gasteiger partial charge in [0.25, 0.3) is 0 Å². The lowest BCUT2D eigenvalue weighted by Gasteiger charge is -2.12. The second-order valence-corrected chi connectivity index (χ2v) is 4.37. The van der Waals surface area contributed by atoms with Gasteiger partial charge in [-0.05, 0) is 18.1 Å². The largest absolute Gasteiger partial charge is 0.388 e. The summed E-state index contributed by atoms with van der Waals surface area (Å²) in [5.74, 6) is -0.0358. The molecular weight excluding hydrogens is 224 g/mol. The van der Waals surface area contributed by atoms with Crippen LogP contribution >= 0.6 is 0 Å². The zero-order valence-corrected chi connectivity index (χ0v) is 10.3. The van der Waals surface area contributed by atoms with Crippen LogP contribution in [0, 0.1) is 6.92 Å². The highest BCUT2D eigenvalue weighted by Gasteiger charge is 2.15. The number of Topliss-reactive ketones (excluding diaryl/α,β-unsaturated/α-hetero) is 1. The molecule has 0 amide bonds. The summed E-state index contributed by atoms with van der Waals surface area (Å²) in [4.78, 5) is 12.0. The molecular formula is C16H16O2. The van der Waals surface area contributed by atoms with E-state index in [0.717, 1.165) is 11.1 Å². The predicted octanol–water partition coefficient (Wildman–Crippen LogP) is 3.30. The van der Waals surface area contributed by atoms with Crippen molar-refractivity contribution in [2.45, 2.75) is 19.4 Å². The minimum Gasteiger partial charge on any atom is -0.388 e. The van der Waals surface area contributed by atoms with E-state index in [2.05, 4.69) is 0 Å². The summed E-state index contributed by atoms with van der Waals surface area (Å²) in [6.45, 7) is 1.94. The topological polar surface area (TPSA) is 37.3 Å². The lowest BCUT2D eigenvalue weighted by Crippen LogP contribution is -2.08. The number of benzene rings is 2. The predicted molar refractivity (Wildman–Crippen MR) is 71.5 cm³/mol. The third kappa shape index (κ3) is 2.84. The Hall–Kier alpha value is -1.93. The average molecular weight is 240 g/mol. The second-order valence-electron chi connectivity index (χ2n) is 4.37. The van der Waals surface area contributed by atoms with E-state index in [4.69, 9.17) is 0 Å². The van der Waals surface area contributed by atoms with E-state index in [-0.39, 0.29) is 12.2 Å². The second kappa shape index (κ2) is 5.61. The number of aliphatic hydroxyl groups excluding tert-OH is 1. The maximum absolute atomic E-state index is 12.0. The Balaban J connectivity index is 2.11. The van der Waals surface area contributed by atoms with Crippen LogP contribution in [-0.4, -0.2) is 10.9 Å². The van der Waals surface area contributed by atoms with Gasteiger partial charge in [-0.15, -0.1) is 0 Å². The van der Waals surface area contributed by atoms with Crippen molar-refractivity contribution in [3.05, 3.63) is 71.3 Å². The van der Waals surface area contributed by atoms with E-state index in [9.17, 15) is 9.90 Å². The highest BCUT2D eigenvalue weighted by atomic mass is 16.3. The van der Waals surface area contributed by atoms with Gasteiger partial charge in [0.05, 0.1) is 6.10 Å². The SMILES string of the molecule is Cc1ccccc1[C@H](O)CC(=O)c1ccccc1. The van der Waals surface area contributed by atoms with Crippen LogP contribution in [0.3, 0.4) is 0 Å². The highest BCUT2D eigenvalue weighted by molar-refractivity contribution is 5.96. The molecule has 0 spiro atoms. The molecule has 0 radical (unpaired) electrons. The molecule has 0 fully saturated rings. The van der Waals surface area contributed by atoms with E-state index < -0.39 is 6.10 Å². The van der Waals surface area contributed by atoms with Crippen LogP contribution in [0.1, 0.15) is 34.0 Å². The maximum Gasteiger partial charge on any atom is 0.165 e. The van der Waals surface area contributed by atoms with Gasteiger partial charge in [0.1, 0.15) is 0 Å². The first kappa shape index (κ1) is 12.5. The molecule has 0 aliphatic rings. The van der Waals surface area contributed by atoms with E-state index in [1.807, 2.05) is 49.4 Å². The molecule has 0 bridgehead atoms. The maximum atomic E-state index is 12.0. The first-order valence-corrected chi connectivity index (χ1v) is 6.00. The van der Waals surface area contributed by atoms with Gasteiger partial charge in [-0.25, -0.2) is 0 Å². The standard InChI is InChI=1S/C16H16O2/c1-12-7-5-6-10-14(12)16(18)11-15(17)13-8-3-2-4-9-13/h2-10,16,18H,11H2,1H3/t16-/m1/s1. The minimum atomic E-state index is -0.737. The zero-order valence-electron chi connectivity index (χ0n) is 10.3. The summed E-state index contributed by atoms with van der Waals surface area (Å²) in [6, 6.07) is 16.7. The molecule has 2 nitrogen and oxygen atoms in total. The van der Waals surface area contributed by atoms with Crippen LogP contribution in [0.2, 0.25) is 0 Å². The van der Waals surface area contributed by atoms with Crippen molar-refractivity contribution in [2.24, 2.45) is 0 Å². The number of carbonyl (C=O) groups is 1. The number of aliphatic hydroxyl groups is 1. The molecule has 0 unspecified atom stereocenters. The summed E-state index contributed by atoms with van der Waals surface area (Å²) >= 11 is 0. The number of hydrogen-bond acceptors (Lipinski definition) is 2. The van der Waals surface area contributed by atoms with Gasteiger partial charge in [0, 0.05) is 12.0 Å². The van der Waals surface area contributed by atoms with Crippen molar-refractivity contribution in [3.8, 4) is 0 Å². The lowest BCUT2D eigenvalue weighted by molar-refractivity contribution is 0.0879. The van der Waals surface area contributed by atoms with Crippen molar-refractivity contribution in [3.63, 3.8) is 0 Å². The normalized spacial score (nSPS) is 12.1. The Bertz CT molecular complexity index is 532. The monoisotopic (exact) mass is 240 g/mol. The van der Waals surface area contributed by atoms with Crippen molar-refractivity contribution in [2.75, 3.05) is 0 Å². The average Bonchev–Trinajstić information content (AvgIpc) is 2.40. The molecule has 1 N–H and O–H groups in total. The third-order valence-corrected chi connectivity index (χ3v) is 3.02. The van der Waals surface area contributed by atoms with Gasteiger partial charge < -0.3 is 5.11 Å². The van der Waals surface area contributed by atoms with Gasteiger partial charge in [-0.1, -0.05) is 54.6 Å². The van der Waals surface area contributed by atoms with Crippen molar-refractivity contribution >= 4 is 5.78 Å². The van der Waals surface area contributed by atoms with Gasteiger partial charge in [0.2, 0.25) is 0 Å². The van der Waals surface area contributed by atoms with Gasteiger partial charge in [-0.3, -0.25) is 4.79 Å². The molecule has 1 atom stereocenters. The van der Waals surface area contributed by atoms with Crippen LogP contribution in [0.15, 0.2) is 54.6 Å². The molecule has 92 valence electrons. The van der Waals surface area contributed by atoms with Crippen LogP contribution in [-0.2, 0) is 0 Å². The smallest absolute Gasteiger partial charge is 0.165 e. The number of rotatable bonds is 4. The summed E-state index contributed by atoms with van der Waals surface area (Å²) in [6.07, 6.45) is -0.617. The molecule has 2 aromatic rings. The summed E-state index contributed by atoms with van der Waals surface area (Å²) in [7, 11) is 0. The van der Waals surface area contributed by atoms with E-state index in [1.165, 1.54) is 0 Å².